The quantitative estimate of drug-likeness (QED) is 0.655. The third-order valence-corrected chi connectivity index (χ3v) is 5.30. The lowest BCUT2D eigenvalue weighted by atomic mass is 10.2. The van der Waals surface area contributed by atoms with Crippen LogP contribution in [0.3, 0.4) is 0 Å². The average molecular weight is 417 g/mol. The van der Waals surface area contributed by atoms with Gasteiger partial charge in [-0.3, -0.25) is 9.47 Å². The Bertz CT molecular complexity index is 967. The van der Waals surface area contributed by atoms with Crippen molar-refractivity contribution in [1.82, 2.24) is 19.0 Å². The molecule has 7 heteroatoms. The van der Waals surface area contributed by atoms with Gasteiger partial charge in [0.15, 0.2) is 5.65 Å². The van der Waals surface area contributed by atoms with Crippen LogP contribution in [0, 0.1) is 0 Å². The summed E-state index contributed by atoms with van der Waals surface area (Å²) < 4.78 is 9.88. The van der Waals surface area contributed by atoms with Crippen molar-refractivity contribution >= 4 is 27.1 Å². The van der Waals surface area contributed by atoms with E-state index in [1.54, 1.807) is 10.8 Å². The second kappa shape index (κ2) is 7.34. The van der Waals surface area contributed by atoms with Gasteiger partial charge in [-0.05, 0) is 41.1 Å². The number of pyridine rings is 1. The van der Waals surface area contributed by atoms with E-state index in [0.717, 1.165) is 42.0 Å². The standard InChI is InChI=1S/C19H21BrN4O2/c1-14-13-26-10-9-22(14)7-8-23-17-11-15(20)12-21-18(17)24(19(23)25)16-5-3-2-4-6-16/h2-6,11-12,14H,7-10,13H2,1H3/t14-/m0/s1. The first-order chi connectivity index (χ1) is 12.6. The molecule has 0 N–H and O–H groups in total. The van der Waals surface area contributed by atoms with Crippen molar-refractivity contribution in [2.75, 3.05) is 26.3 Å². The topological polar surface area (TPSA) is 52.3 Å². The van der Waals surface area contributed by atoms with Crippen LogP contribution >= 0.6 is 15.9 Å². The van der Waals surface area contributed by atoms with Gasteiger partial charge in [-0.1, -0.05) is 18.2 Å². The molecule has 1 aliphatic rings. The van der Waals surface area contributed by atoms with Crippen LogP contribution in [0.4, 0.5) is 0 Å². The lowest BCUT2D eigenvalue weighted by Gasteiger charge is -2.33. The van der Waals surface area contributed by atoms with E-state index in [0.29, 0.717) is 18.2 Å². The van der Waals surface area contributed by atoms with Crippen molar-refractivity contribution in [2.45, 2.75) is 19.5 Å². The van der Waals surface area contributed by atoms with Crippen LogP contribution in [0.15, 0.2) is 51.9 Å². The van der Waals surface area contributed by atoms with Crippen LogP contribution < -0.4 is 5.69 Å². The normalized spacial score (nSPS) is 18.5. The van der Waals surface area contributed by atoms with Gasteiger partial charge in [0.2, 0.25) is 0 Å². The average Bonchev–Trinajstić information content (AvgIpc) is 2.92. The molecule has 0 spiro atoms. The predicted molar refractivity (Wildman–Crippen MR) is 105 cm³/mol. The highest BCUT2D eigenvalue weighted by Crippen LogP contribution is 2.20. The van der Waals surface area contributed by atoms with Crippen LogP contribution in [0.2, 0.25) is 0 Å². The van der Waals surface area contributed by atoms with Gasteiger partial charge < -0.3 is 4.74 Å². The van der Waals surface area contributed by atoms with Gasteiger partial charge in [-0.25, -0.2) is 14.3 Å². The fourth-order valence-corrected chi connectivity index (χ4v) is 3.77. The number of rotatable bonds is 4. The van der Waals surface area contributed by atoms with Crippen LogP contribution in [-0.4, -0.2) is 51.4 Å². The minimum absolute atomic E-state index is 0.0577. The number of ether oxygens (including phenoxy) is 1. The summed E-state index contributed by atoms with van der Waals surface area (Å²) in [5.41, 5.74) is 2.29. The molecule has 1 saturated heterocycles. The fourth-order valence-electron chi connectivity index (χ4n) is 3.45. The molecule has 26 heavy (non-hydrogen) atoms. The Kier molecular flexibility index (Phi) is 4.93. The Morgan fingerprint density at radius 2 is 2.08 bits per heavy atom. The fraction of sp³-hybridized carbons (Fsp3) is 0.368. The number of nitrogens with zero attached hydrogens (tertiary/aromatic N) is 4. The Balaban J connectivity index is 1.75. The Hall–Kier alpha value is -1.96. The first-order valence-corrected chi connectivity index (χ1v) is 9.58. The SMILES string of the molecule is C[C@H]1COCCN1CCn1c(=O)n(-c2ccccc2)c2ncc(Br)cc21. The monoisotopic (exact) mass is 416 g/mol. The van der Waals surface area contributed by atoms with Gasteiger partial charge >= 0.3 is 5.69 Å². The number of imidazole rings is 1. The Labute approximate surface area is 160 Å². The van der Waals surface area contributed by atoms with Crippen LogP contribution in [0.5, 0.6) is 0 Å². The summed E-state index contributed by atoms with van der Waals surface area (Å²) in [6.07, 6.45) is 1.73. The third-order valence-electron chi connectivity index (χ3n) is 4.87. The number of fused-ring (bicyclic) bond motifs is 1. The molecule has 1 fully saturated rings. The summed E-state index contributed by atoms with van der Waals surface area (Å²) in [5, 5.41) is 0. The number of halogens is 1. The van der Waals surface area contributed by atoms with Crippen molar-refractivity contribution in [2.24, 2.45) is 0 Å². The zero-order chi connectivity index (χ0) is 18.1. The van der Waals surface area contributed by atoms with E-state index in [-0.39, 0.29) is 5.69 Å². The smallest absolute Gasteiger partial charge is 0.335 e. The molecule has 3 aromatic rings. The third kappa shape index (κ3) is 3.22. The van der Waals surface area contributed by atoms with Crippen molar-refractivity contribution in [3.8, 4) is 5.69 Å². The summed E-state index contributed by atoms with van der Waals surface area (Å²) in [6.45, 7) is 5.98. The molecular formula is C19H21BrN4O2. The highest BCUT2D eigenvalue weighted by Gasteiger charge is 2.21. The van der Waals surface area contributed by atoms with Gasteiger partial charge in [0, 0.05) is 36.3 Å². The van der Waals surface area contributed by atoms with Crippen molar-refractivity contribution in [3.05, 3.63) is 57.6 Å². The van der Waals surface area contributed by atoms with Crippen molar-refractivity contribution in [1.29, 1.82) is 0 Å². The summed E-state index contributed by atoms with van der Waals surface area (Å²) in [5.74, 6) is 0. The first-order valence-electron chi connectivity index (χ1n) is 8.79. The number of morpholine rings is 1. The summed E-state index contributed by atoms with van der Waals surface area (Å²) in [7, 11) is 0. The Morgan fingerprint density at radius 3 is 2.85 bits per heavy atom. The summed E-state index contributed by atoms with van der Waals surface area (Å²) in [6, 6.07) is 12.0. The maximum atomic E-state index is 13.2. The van der Waals surface area contributed by atoms with E-state index < -0.39 is 0 Å². The zero-order valence-corrected chi connectivity index (χ0v) is 16.2. The van der Waals surface area contributed by atoms with Crippen LogP contribution in [-0.2, 0) is 11.3 Å². The molecule has 0 bridgehead atoms. The van der Waals surface area contributed by atoms with E-state index in [1.165, 1.54) is 0 Å². The van der Waals surface area contributed by atoms with Gasteiger partial charge in [-0.2, -0.15) is 0 Å². The molecule has 136 valence electrons. The number of aromatic nitrogens is 3. The van der Waals surface area contributed by atoms with Gasteiger partial charge in [0.05, 0.1) is 24.4 Å². The number of benzene rings is 1. The summed E-state index contributed by atoms with van der Waals surface area (Å²) >= 11 is 3.48. The van der Waals surface area contributed by atoms with E-state index in [9.17, 15) is 4.79 Å². The number of hydrogen-bond donors (Lipinski definition) is 0. The van der Waals surface area contributed by atoms with Gasteiger partial charge in [-0.15, -0.1) is 0 Å². The molecule has 4 rings (SSSR count). The maximum absolute atomic E-state index is 13.2. The molecule has 6 nitrogen and oxygen atoms in total. The van der Waals surface area contributed by atoms with E-state index in [4.69, 9.17) is 4.74 Å². The molecule has 2 aromatic heterocycles. The molecule has 0 radical (unpaired) electrons. The number of para-hydroxylation sites is 1. The number of hydrogen-bond acceptors (Lipinski definition) is 4. The largest absolute Gasteiger partial charge is 0.379 e. The van der Waals surface area contributed by atoms with Crippen LogP contribution in [0.1, 0.15) is 6.92 Å². The van der Waals surface area contributed by atoms with E-state index >= 15 is 0 Å². The lowest BCUT2D eigenvalue weighted by molar-refractivity contribution is -0.00162. The van der Waals surface area contributed by atoms with Crippen molar-refractivity contribution < 1.29 is 4.74 Å². The molecular weight excluding hydrogens is 396 g/mol. The first kappa shape index (κ1) is 17.5. The molecule has 0 saturated carbocycles. The lowest BCUT2D eigenvalue weighted by Crippen LogP contribution is -2.45. The highest BCUT2D eigenvalue weighted by atomic mass is 79.9. The van der Waals surface area contributed by atoms with Crippen molar-refractivity contribution in [3.63, 3.8) is 0 Å². The Morgan fingerprint density at radius 1 is 1.27 bits per heavy atom. The second-order valence-corrected chi connectivity index (χ2v) is 7.48. The molecule has 1 atom stereocenters. The van der Waals surface area contributed by atoms with E-state index in [2.05, 4.69) is 32.7 Å². The predicted octanol–water partition coefficient (Wildman–Crippen LogP) is 2.67. The van der Waals surface area contributed by atoms with Gasteiger partial charge in [0.25, 0.3) is 0 Å². The molecule has 3 heterocycles. The van der Waals surface area contributed by atoms with Gasteiger partial charge in [0.1, 0.15) is 0 Å². The minimum atomic E-state index is -0.0577. The molecule has 0 unspecified atom stereocenters. The van der Waals surface area contributed by atoms with Crippen LogP contribution in [0.25, 0.3) is 16.9 Å². The van der Waals surface area contributed by atoms with E-state index in [1.807, 2.05) is 41.0 Å². The molecule has 0 aliphatic carbocycles. The highest BCUT2D eigenvalue weighted by molar-refractivity contribution is 9.10. The maximum Gasteiger partial charge on any atom is 0.335 e. The molecule has 1 aromatic carbocycles. The summed E-state index contributed by atoms with van der Waals surface area (Å²) in [4.78, 5) is 20.1. The second-order valence-electron chi connectivity index (χ2n) is 6.56. The molecule has 1 aliphatic heterocycles. The minimum Gasteiger partial charge on any atom is -0.379 e. The molecule has 0 amide bonds. The zero-order valence-electron chi connectivity index (χ0n) is 14.6.